The number of thiazole rings is 1. The molecule has 0 atom stereocenters. The fourth-order valence-corrected chi connectivity index (χ4v) is 4.08. The molecule has 0 saturated heterocycles. The molecule has 7 nitrogen and oxygen atoms in total. The van der Waals surface area contributed by atoms with Crippen LogP contribution >= 0.6 is 11.3 Å². The smallest absolute Gasteiger partial charge is 0.291 e. The van der Waals surface area contributed by atoms with Crippen molar-refractivity contribution < 1.29 is 14.2 Å². The summed E-state index contributed by atoms with van der Waals surface area (Å²) in [6.07, 6.45) is 2.77. The molecule has 0 aliphatic rings. The molecular weight excluding hydrogens is 438 g/mol. The van der Waals surface area contributed by atoms with Crippen LogP contribution < -0.4 is 24.3 Å². The number of hydrogen-bond donors (Lipinski definition) is 0. The fraction of sp³-hybridized carbons (Fsp3) is 0.320. The maximum absolute atomic E-state index is 12.9. The van der Waals surface area contributed by atoms with Gasteiger partial charge in [-0.15, -0.1) is 5.10 Å². The number of hydrogen-bond acceptors (Lipinski definition) is 7. The Hall–Kier alpha value is -3.39. The van der Waals surface area contributed by atoms with Crippen LogP contribution in [0.25, 0.3) is 22.4 Å². The highest BCUT2D eigenvalue weighted by molar-refractivity contribution is 7.15. The lowest BCUT2D eigenvalue weighted by Gasteiger charge is -2.12. The maximum atomic E-state index is 12.9. The van der Waals surface area contributed by atoms with Crippen molar-refractivity contribution in [3.63, 3.8) is 0 Å². The lowest BCUT2D eigenvalue weighted by molar-refractivity contribution is 0.257. The van der Waals surface area contributed by atoms with Crippen LogP contribution in [0.15, 0.2) is 47.3 Å². The predicted octanol–water partition coefficient (Wildman–Crippen LogP) is 4.20. The summed E-state index contributed by atoms with van der Waals surface area (Å²) in [6, 6.07) is 13.2. The minimum absolute atomic E-state index is 0.198. The van der Waals surface area contributed by atoms with Gasteiger partial charge in [-0.05, 0) is 60.4 Å². The van der Waals surface area contributed by atoms with Gasteiger partial charge in [0.25, 0.3) is 5.56 Å². The Bertz CT molecular complexity index is 1340. The number of aromatic nitrogens is 3. The second kappa shape index (κ2) is 10.0. The minimum atomic E-state index is -0.198. The van der Waals surface area contributed by atoms with Gasteiger partial charge in [0.15, 0.2) is 17.3 Å². The Morgan fingerprint density at radius 3 is 2.55 bits per heavy atom. The fourth-order valence-electron chi connectivity index (χ4n) is 3.18. The molecule has 2 aromatic heterocycles. The standard InChI is InChI=1S/C25H27N3O4S/c1-5-12-31-19-9-7-18(8-10-19)23-26-25-28(27-23)24(29)22(33-25)14-17-6-11-20(21(13-17)30-4)32-15-16(2)3/h6-11,13-14,16H,5,12,15H2,1-4H3/b22-14-. The molecule has 0 unspecified atom stereocenters. The van der Waals surface area contributed by atoms with Crippen molar-refractivity contribution >= 4 is 22.4 Å². The lowest BCUT2D eigenvalue weighted by atomic mass is 10.2. The number of ether oxygens (including phenoxy) is 3. The van der Waals surface area contributed by atoms with E-state index in [1.165, 1.54) is 15.9 Å². The van der Waals surface area contributed by atoms with E-state index in [1.807, 2.05) is 48.5 Å². The van der Waals surface area contributed by atoms with Gasteiger partial charge in [0.05, 0.1) is 24.9 Å². The van der Waals surface area contributed by atoms with Crippen LogP contribution in [0.3, 0.4) is 0 Å². The largest absolute Gasteiger partial charge is 0.494 e. The molecule has 0 amide bonds. The first-order valence-corrected chi connectivity index (χ1v) is 11.8. The molecule has 0 aliphatic heterocycles. The van der Waals surface area contributed by atoms with Gasteiger partial charge in [-0.1, -0.05) is 38.2 Å². The maximum Gasteiger partial charge on any atom is 0.291 e. The molecule has 0 radical (unpaired) electrons. The van der Waals surface area contributed by atoms with E-state index in [2.05, 4.69) is 30.9 Å². The highest BCUT2D eigenvalue weighted by atomic mass is 32.1. The summed E-state index contributed by atoms with van der Waals surface area (Å²) < 4.78 is 18.8. The second-order valence-corrected chi connectivity index (χ2v) is 9.04. The first kappa shape index (κ1) is 22.8. The molecule has 2 aromatic carbocycles. The van der Waals surface area contributed by atoms with Crippen molar-refractivity contribution in [2.45, 2.75) is 27.2 Å². The Morgan fingerprint density at radius 2 is 1.88 bits per heavy atom. The predicted molar refractivity (Wildman–Crippen MR) is 130 cm³/mol. The number of methoxy groups -OCH3 is 1. The van der Waals surface area contributed by atoms with Crippen LogP contribution in [-0.4, -0.2) is 34.9 Å². The van der Waals surface area contributed by atoms with E-state index >= 15 is 0 Å². The monoisotopic (exact) mass is 465 g/mol. The summed E-state index contributed by atoms with van der Waals surface area (Å²) in [5, 5.41) is 4.42. The van der Waals surface area contributed by atoms with E-state index in [1.54, 1.807) is 7.11 Å². The van der Waals surface area contributed by atoms with E-state index in [-0.39, 0.29) is 5.56 Å². The Kier molecular flexibility index (Phi) is 6.93. The van der Waals surface area contributed by atoms with Crippen molar-refractivity contribution in [1.29, 1.82) is 0 Å². The number of rotatable bonds is 9. The van der Waals surface area contributed by atoms with E-state index in [0.717, 1.165) is 23.3 Å². The average Bonchev–Trinajstić information content (AvgIpc) is 3.36. The SMILES string of the molecule is CCCOc1ccc(-c2nc3s/c(=C\c4ccc(OCC(C)C)c(OC)c4)c(=O)n3n2)cc1. The zero-order valence-electron chi connectivity index (χ0n) is 19.2. The minimum Gasteiger partial charge on any atom is -0.494 e. The van der Waals surface area contributed by atoms with Gasteiger partial charge in [-0.3, -0.25) is 4.79 Å². The quantitative estimate of drug-likeness (QED) is 0.369. The van der Waals surface area contributed by atoms with Gasteiger partial charge in [-0.2, -0.15) is 9.50 Å². The zero-order valence-corrected chi connectivity index (χ0v) is 20.0. The van der Waals surface area contributed by atoms with E-state index in [4.69, 9.17) is 14.2 Å². The van der Waals surface area contributed by atoms with Gasteiger partial charge in [0.1, 0.15) is 5.75 Å². The summed E-state index contributed by atoms with van der Waals surface area (Å²) in [5.41, 5.74) is 1.48. The number of fused-ring (bicyclic) bond motifs is 1. The summed E-state index contributed by atoms with van der Waals surface area (Å²) in [5.74, 6) is 3.05. The average molecular weight is 466 g/mol. The van der Waals surface area contributed by atoms with Gasteiger partial charge < -0.3 is 14.2 Å². The summed E-state index contributed by atoms with van der Waals surface area (Å²) in [6.45, 7) is 7.53. The van der Waals surface area contributed by atoms with Crippen molar-refractivity contribution in [3.05, 3.63) is 62.9 Å². The molecule has 0 saturated carbocycles. The molecule has 0 spiro atoms. The molecule has 33 heavy (non-hydrogen) atoms. The third-order valence-corrected chi connectivity index (χ3v) is 5.78. The molecule has 2 heterocycles. The summed E-state index contributed by atoms with van der Waals surface area (Å²) in [7, 11) is 1.60. The van der Waals surface area contributed by atoms with E-state index in [9.17, 15) is 4.79 Å². The second-order valence-electron chi connectivity index (χ2n) is 8.03. The van der Waals surface area contributed by atoms with Crippen molar-refractivity contribution in [1.82, 2.24) is 14.6 Å². The summed E-state index contributed by atoms with van der Waals surface area (Å²) >= 11 is 1.30. The molecule has 4 aromatic rings. The van der Waals surface area contributed by atoms with Gasteiger partial charge in [0.2, 0.25) is 4.96 Å². The summed E-state index contributed by atoms with van der Waals surface area (Å²) in [4.78, 5) is 18.0. The Balaban J connectivity index is 1.60. The van der Waals surface area contributed by atoms with Crippen molar-refractivity contribution in [3.8, 4) is 28.6 Å². The van der Waals surface area contributed by atoms with E-state index in [0.29, 0.717) is 45.9 Å². The van der Waals surface area contributed by atoms with Crippen LogP contribution in [0, 0.1) is 5.92 Å². The van der Waals surface area contributed by atoms with Crippen molar-refractivity contribution in [2.24, 2.45) is 5.92 Å². The number of nitrogens with zero attached hydrogens (tertiary/aromatic N) is 3. The van der Waals surface area contributed by atoms with Gasteiger partial charge in [0, 0.05) is 5.56 Å². The van der Waals surface area contributed by atoms with Gasteiger partial charge >= 0.3 is 0 Å². The number of benzene rings is 2. The van der Waals surface area contributed by atoms with Crippen molar-refractivity contribution in [2.75, 3.05) is 20.3 Å². The Morgan fingerprint density at radius 1 is 1.09 bits per heavy atom. The van der Waals surface area contributed by atoms with Crippen LogP contribution in [0.5, 0.6) is 17.2 Å². The lowest BCUT2D eigenvalue weighted by Crippen LogP contribution is -2.23. The zero-order chi connectivity index (χ0) is 23.4. The normalized spacial score (nSPS) is 12.0. The molecule has 0 fully saturated rings. The molecule has 172 valence electrons. The van der Waals surface area contributed by atoms with Crippen LogP contribution in [0.2, 0.25) is 0 Å². The molecule has 8 heteroatoms. The topological polar surface area (TPSA) is 75.0 Å². The molecule has 4 rings (SSSR count). The van der Waals surface area contributed by atoms with Gasteiger partial charge in [-0.25, -0.2) is 0 Å². The third kappa shape index (κ3) is 5.17. The van der Waals surface area contributed by atoms with Crippen LogP contribution in [0.1, 0.15) is 32.8 Å². The van der Waals surface area contributed by atoms with E-state index < -0.39 is 0 Å². The highest BCUT2D eigenvalue weighted by Gasteiger charge is 2.13. The molecule has 0 bridgehead atoms. The third-order valence-electron chi connectivity index (χ3n) is 4.82. The first-order chi connectivity index (χ1) is 16.0. The van der Waals surface area contributed by atoms with Crippen LogP contribution in [-0.2, 0) is 0 Å². The first-order valence-electron chi connectivity index (χ1n) is 10.9. The molecule has 0 aliphatic carbocycles. The van der Waals surface area contributed by atoms with Crippen LogP contribution in [0.4, 0.5) is 0 Å². The molecular formula is C25H27N3O4S. The Labute approximate surface area is 196 Å². The molecule has 0 N–H and O–H groups in total. The highest BCUT2D eigenvalue weighted by Crippen LogP contribution is 2.29.